The standard InChI is InChI=1S/C13H16F2O/c14-13(15)7-1-2-12(8-13)11-5-3-10(9-16)4-6-11/h3-6,12,16H,1-2,7-9H2. The second-order valence-electron chi connectivity index (χ2n) is 4.55. The fourth-order valence-corrected chi connectivity index (χ4v) is 2.35. The molecule has 0 saturated heterocycles. The Balaban J connectivity index is 2.11. The van der Waals surface area contributed by atoms with Gasteiger partial charge in [-0.2, -0.15) is 0 Å². The highest BCUT2D eigenvalue weighted by molar-refractivity contribution is 5.25. The minimum absolute atomic E-state index is 0.00110. The Kier molecular flexibility index (Phi) is 3.24. The maximum absolute atomic E-state index is 13.2. The van der Waals surface area contributed by atoms with Crippen molar-refractivity contribution >= 4 is 0 Å². The van der Waals surface area contributed by atoms with Crippen molar-refractivity contribution in [1.82, 2.24) is 0 Å². The van der Waals surface area contributed by atoms with Gasteiger partial charge >= 0.3 is 0 Å². The second kappa shape index (κ2) is 4.50. The van der Waals surface area contributed by atoms with Gasteiger partial charge in [0.1, 0.15) is 0 Å². The summed E-state index contributed by atoms with van der Waals surface area (Å²) in [6.07, 6.45) is 1.43. The van der Waals surface area contributed by atoms with E-state index in [0.29, 0.717) is 6.42 Å². The SMILES string of the molecule is OCc1ccc(C2CCCC(F)(F)C2)cc1. The van der Waals surface area contributed by atoms with E-state index in [0.717, 1.165) is 17.5 Å². The van der Waals surface area contributed by atoms with Crippen molar-refractivity contribution in [1.29, 1.82) is 0 Å². The van der Waals surface area contributed by atoms with Gasteiger partial charge in [0.25, 0.3) is 0 Å². The van der Waals surface area contributed by atoms with E-state index < -0.39 is 5.92 Å². The lowest BCUT2D eigenvalue weighted by atomic mass is 9.82. The number of aliphatic hydroxyl groups is 1. The summed E-state index contributed by atoms with van der Waals surface area (Å²) in [6.45, 7) is 0.00110. The first-order valence-corrected chi connectivity index (χ1v) is 5.68. The quantitative estimate of drug-likeness (QED) is 0.818. The summed E-state index contributed by atoms with van der Waals surface area (Å²) in [6, 6.07) is 7.33. The van der Waals surface area contributed by atoms with E-state index >= 15 is 0 Å². The van der Waals surface area contributed by atoms with Crippen LogP contribution >= 0.6 is 0 Å². The van der Waals surface area contributed by atoms with Crippen molar-refractivity contribution in [2.75, 3.05) is 0 Å². The molecule has 0 bridgehead atoms. The molecule has 1 aromatic carbocycles. The first-order valence-electron chi connectivity index (χ1n) is 5.68. The number of alkyl halides is 2. The molecule has 0 heterocycles. The van der Waals surface area contributed by atoms with Crippen molar-refractivity contribution in [3.8, 4) is 0 Å². The predicted octanol–water partition coefficient (Wildman–Crippen LogP) is 3.47. The minimum Gasteiger partial charge on any atom is -0.392 e. The van der Waals surface area contributed by atoms with Crippen LogP contribution in [0.15, 0.2) is 24.3 Å². The first-order chi connectivity index (χ1) is 7.61. The molecule has 0 aliphatic heterocycles. The van der Waals surface area contributed by atoms with Crippen LogP contribution in [0.2, 0.25) is 0 Å². The summed E-state index contributed by atoms with van der Waals surface area (Å²) in [7, 11) is 0. The van der Waals surface area contributed by atoms with E-state index in [-0.39, 0.29) is 25.4 Å². The molecule has 0 radical (unpaired) electrons. The normalized spacial score (nSPS) is 24.3. The predicted molar refractivity (Wildman–Crippen MR) is 58.5 cm³/mol. The monoisotopic (exact) mass is 226 g/mol. The summed E-state index contributed by atoms with van der Waals surface area (Å²) in [4.78, 5) is 0. The number of benzene rings is 1. The van der Waals surface area contributed by atoms with Crippen LogP contribution in [0.1, 0.15) is 42.7 Å². The van der Waals surface area contributed by atoms with Gasteiger partial charge < -0.3 is 5.11 Å². The molecule has 1 N–H and O–H groups in total. The number of hydrogen-bond acceptors (Lipinski definition) is 1. The van der Waals surface area contributed by atoms with Crippen LogP contribution < -0.4 is 0 Å². The third-order valence-corrected chi connectivity index (χ3v) is 3.27. The highest BCUT2D eigenvalue weighted by Crippen LogP contribution is 2.41. The first kappa shape index (κ1) is 11.5. The van der Waals surface area contributed by atoms with Crippen LogP contribution in [0.25, 0.3) is 0 Å². The molecule has 1 aliphatic carbocycles. The van der Waals surface area contributed by atoms with Crippen LogP contribution in [0, 0.1) is 0 Å². The highest BCUT2D eigenvalue weighted by atomic mass is 19.3. The van der Waals surface area contributed by atoms with E-state index in [1.165, 1.54) is 0 Å². The second-order valence-corrected chi connectivity index (χ2v) is 4.55. The van der Waals surface area contributed by atoms with Gasteiger partial charge in [-0.15, -0.1) is 0 Å². The van der Waals surface area contributed by atoms with Gasteiger partial charge in [-0.3, -0.25) is 0 Å². The molecule has 16 heavy (non-hydrogen) atoms. The average molecular weight is 226 g/mol. The molecule has 1 aromatic rings. The van der Waals surface area contributed by atoms with E-state index in [2.05, 4.69) is 0 Å². The third kappa shape index (κ3) is 2.59. The van der Waals surface area contributed by atoms with Crippen LogP contribution in [-0.2, 0) is 6.61 Å². The van der Waals surface area contributed by atoms with Gasteiger partial charge in [-0.05, 0) is 29.9 Å². The molecule has 0 aromatic heterocycles. The van der Waals surface area contributed by atoms with Gasteiger partial charge in [0.05, 0.1) is 6.61 Å². The lowest BCUT2D eigenvalue weighted by Gasteiger charge is -2.29. The van der Waals surface area contributed by atoms with Crippen LogP contribution in [0.4, 0.5) is 8.78 Å². The van der Waals surface area contributed by atoms with Gasteiger partial charge in [0.15, 0.2) is 0 Å². The number of aliphatic hydroxyl groups excluding tert-OH is 1. The lowest BCUT2D eigenvalue weighted by molar-refractivity contribution is -0.0408. The zero-order chi connectivity index (χ0) is 11.6. The number of halogens is 2. The molecule has 1 fully saturated rings. The van der Waals surface area contributed by atoms with Gasteiger partial charge in [0, 0.05) is 12.8 Å². The molecule has 1 nitrogen and oxygen atoms in total. The molecule has 88 valence electrons. The summed E-state index contributed by atoms with van der Waals surface area (Å²) in [5.41, 5.74) is 1.79. The third-order valence-electron chi connectivity index (χ3n) is 3.27. The summed E-state index contributed by atoms with van der Waals surface area (Å²) in [5.74, 6) is -2.53. The minimum atomic E-state index is -2.50. The molecule has 0 spiro atoms. The van der Waals surface area contributed by atoms with E-state index in [4.69, 9.17) is 5.11 Å². The summed E-state index contributed by atoms with van der Waals surface area (Å²) >= 11 is 0. The lowest BCUT2D eigenvalue weighted by Crippen LogP contribution is -2.24. The molecule has 1 aliphatic rings. The van der Waals surface area contributed by atoms with Gasteiger partial charge in [-0.1, -0.05) is 24.3 Å². The number of hydrogen-bond donors (Lipinski definition) is 1. The molecular formula is C13H16F2O. The smallest absolute Gasteiger partial charge is 0.248 e. The van der Waals surface area contributed by atoms with Crippen molar-refractivity contribution in [2.24, 2.45) is 0 Å². The van der Waals surface area contributed by atoms with Crippen molar-refractivity contribution < 1.29 is 13.9 Å². The zero-order valence-corrected chi connectivity index (χ0v) is 9.13. The zero-order valence-electron chi connectivity index (χ0n) is 9.13. The molecule has 1 atom stereocenters. The molecule has 1 saturated carbocycles. The highest BCUT2D eigenvalue weighted by Gasteiger charge is 2.36. The van der Waals surface area contributed by atoms with E-state index in [9.17, 15) is 8.78 Å². The fraction of sp³-hybridized carbons (Fsp3) is 0.538. The van der Waals surface area contributed by atoms with Crippen molar-refractivity contribution in [3.63, 3.8) is 0 Å². The Morgan fingerprint density at radius 2 is 1.94 bits per heavy atom. The Hall–Kier alpha value is -0.960. The van der Waals surface area contributed by atoms with Crippen molar-refractivity contribution in [3.05, 3.63) is 35.4 Å². The number of rotatable bonds is 2. The fourth-order valence-electron chi connectivity index (χ4n) is 2.35. The largest absolute Gasteiger partial charge is 0.392 e. The Bertz CT molecular complexity index is 345. The van der Waals surface area contributed by atoms with Crippen molar-refractivity contribution in [2.45, 2.75) is 44.1 Å². The van der Waals surface area contributed by atoms with Gasteiger partial charge in [-0.25, -0.2) is 8.78 Å². The Morgan fingerprint density at radius 1 is 1.25 bits per heavy atom. The molecule has 0 amide bonds. The van der Waals surface area contributed by atoms with Gasteiger partial charge in [0.2, 0.25) is 5.92 Å². The van der Waals surface area contributed by atoms with Crippen LogP contribution in [0.5, 0.6) is 0 Å². The topological polar surface area (TPSA) is 20.2 Å². The maximum atomic E-state index is 13.2. The average Bonchev–Trinajstić information content (AvgIpc) is 2.28. The Morgan fingerprint density at radius 3 is 2.50 bits per heavy atom. The molecular weight excluding hydrogens is 210 g/mol. The molecule has 3 heteroatoms. The Labute approximate surface area is 94.1 Å². The molecule has 1 unspecified atom stereocenters. The van der Waals surface area contributed by atoms with Crippen LogP contribution in [0.3, 0.4) is 0 Å². The molecule has 2 rings (SSSR count). The van der Waals surface area contributed by atoms with E-state index in [1.54, 1.807) is 0 Å². The van der Waals surface area contributed by atoms with E-state index in [1.807, 2.05) is 24.3 Å². The maximum Gasteiger partial charge on any atom is 0.248 e. The summed E-state index contributed by atoms with van der Waals surface area (Å²) in [5, 5.41) is 8.90. The van der Waals surface area contributed by atoms with Crippen LogP contribution in [-0.4, -0.2) is 11.0 Å². The summed E-state index contributed by atoms with van der Waals surface area (Å²) < 4.78 is 26.5.